The summed E-state index contributed by atoms with van der Waals surface area (Å²) in [6, 6.07) is 0.0877. The molecule has 1 saturated carbocycles. The molecule has 0 saturated heterocycles. The van der Waals surface area contributed by atoms with Crippen molar-refractivity contribution in [3.05, 3.63) is 29.3 Å². The lowest BCUT2D eigenvalue weighted by molar-refractivity contribution is -0.132. The van der Waals surface area contributed by atoms with Crippen molar-refractivity contribution >= 4 is 11.6 Å². The van der Waals surface area contributed by atoms with E-state index in [-0.39, 0.29) is 18.5 Å². The lowest BCUT2D eigenvalue weighted by atomic mass is 9.62. The van der Waals surface area contributed by atoms with Crippen LogP contribution in [0.2, 0.25) is 0 Å². The van der Waals surface area contributed by atoms with Crippen molar-refractivity contribution in [2.24, 2.45) is 17.1 Å². The number of anilines is 1. The molecule has 1 aromatic carbocycles. The van der Waals surface area contributed by atoms with E-state index in [1.165, 1.54) is 0 Å². The van der Waals surface area contributed by atoms with Crippen molar-refractivity contribution in [1.29, 1.82) is 0 Å². The molecule has 0 aromatic heterocycles. The third-order valence-corrected chi connectivity index (χ3v) is 3.70. The van der Waals surface area contributed by atoms with E-state index < -0.39 is 40.3 Å². The summed E-state index contributed by atoms with van der Waals surface area (Å²) >= 11 is 0. The van der Waals surface area contributed by atoms with Gasteiger partial charge in [-0.05, 0) is 18.8 Å². The van der Waals surface area contributed by atoms with E-state index in [0.29, 0.717) is 12.8 Å². The minimum absolute atomic E-state index is 0.00418. The highest BCUT2D eigenvalue weighted by Crippen LogP contribution is 2.45. The van der Waals surface area contributed by atoms with Gasteiger partial charge in [0.1, 0.15) is 5.69 Å². The molecule has 3 N–H and O–H groups in total. The van der Waals surface area contributed by atoms with Gasteiger partial charge < -0.3 is 11.1 Å². The molecule has 1 aliphatic carbocycles. The van der Waals surface area contributed by atoms with Gasteiger partial charge in [-0.2, -0.15) is 0 Å². The van der Waals surface area contributed by atoms with E-state index in [1.807, 2.05) is 12.2 Å². The van der Waals surface area contributed by atoms with Gasteiger partial charge in [0.2, 0.25) is 5.91 Å². The monoisotopic (exact) mass is 290 g/mol. The van der Waals surface area contributed by atoms with Crippen LogP contribution in [0.3, 0.4) is 0 Å². The number of amides is 1. The topological polar surface area (TPSA) is 55.1 Å². The van der Waals surface area contributed by atoms with Gasteiger partial charge in [-0.15, -0.1) is 0 Å². The van der Waals surface area contributed by atoms with Gasteiger partial charge in [-0.1, -0.05) is 6.92 Å². The second-order valence-electron chi connectivity index (χ2n) is 5.30. The first-order chi connectivity index (χ1) is 9.30. The van der Waals surface area contributed by atoms with Crippen LogP contribution in [0.5, 0.6) is 0 Å². The van der Waals surface area contributed by atoms with Crippen molar-refractivity contribution in [2.45, 2.75) is 19.8 Å². The van der Waals surface area contributed by atoms with E-state index >= 15 is 0 Å². The van der Waals surface area contributed by atoms with Gasteiger partial charge in [-0.3, -0.25) is 4.79 Å². The first kappa shape index (κ1) is 14.8. The number of hydrogen-bond acceptors (Lipinski definition) is 2. The average molecular weight is 290 g/mol. The maximum Gasteiger partial charge on any atom is 0.232 e. The minimum Gasteiger partial charge on any atom is -0.329 e. The first-order valence-electron chi connectivity index (χ1n) is 6.15. The van der Waals surface area contributed by atoms with E-state index in [1.54, 1.807) is 0 Å². The summed E-state index contributed by atoms with van der Waals surface area (Å²) in [5, 5.41) is 1.93. The molecule has 0 heterocycles. The molecule has 1 aromatic rings. The number of halogens is 4. The van der Waals surface area contributed by atoms with E-state index in [9.17, 15) is 22.4 Å². The van der Waals surface area contributed by atoms with Gasteiger partial charge in [0.15, 0.2) is 23.3 Å². The Hall–Kier alpha value is -1.63. The molecule has 0 bridgehead atoms. The van der Waals surface area contributed by atoms with Crippen LogP contribution in [0.1, 0.15) is 19.8 Å². The SMILES string of the molecule is CC1CC(CN)(C(=O)Nc2c(F)c(F)cc(F)c2F)C1. The highest BCUT2D eigenvalue weighted by Gasteiger charge is 2.47. The summed E-state index contributed by atoms with van der Waals surface area (Å²) in [6.07, 6.45) is 0.937. The summed E-state index contributed by atoms with van der Waals surface area (Å²) < 4.78 is 53.0. The van der Waals surface area contributed by atoms with Crippen molar-refractivity contribution in [3.8, 4) is 0 Å². The van der Waals surface area contributed by atoms with E-state index in [4.69, 9.17) is 5.73 Å². The lowest BCUT2D eigenvalue weighted by Crippen LogP contribution is -2.51. The molecule has 1 aliphatic rings. The molecular weight excluding hydrogens is 276 g/mol. The van der Waals surface area contributed by atoms with Crippen molar-refractivity contribution in [3.63, 3.8) is 0 Å². The molecule has 2 rings (SSSR count). The summed E-state index contributed by atoms with van der Waals surface area (Å²) in [4.78, 5) is 12.1. The highest BCUT2D eigenvalue weighted by molar-refractivity contribution is 5.96. The van der Waals surface area contributed by atoms with Gasteiger partial charge in [0, 0.05) is 12.6 Å². The molecule has 0 atom stereocenters. The van der Waals surface area contributed by atoms with Gasteiger partial charge in [0.25, 0.3) is 0 Å². The number of rotatable bonds is 3. The molecule has 7 heteroatoms. The minimum atomic E-state index is -1.63. The largest absolute Gasteiger partial charge is 0.329 e. The number of nitrogens with two attached hydrogens (primary N) is 1. The zero-order chi connectivity index (χ0) is 15.1. The van der Waals surface area contributed by atoms with Gasteiger partial charge >= 0.3 is 0 Å². The molecule has 0 radical (unpaired) electrons. The molecule has 3 nitrogen and oxygen atoms in total. The molecule has 1 amide bonds. The fourth-order valence-corrected chi connectivity index (χ4v) is 2.65. The molecule has 110 valence electrons. The summed E-state index contributed by atoms with van der Waals surface area (Å²) in [7, 11) is 0. The number of benzene rings is 1. The molecule has 0 aliphatic heterocycles. The Morgan fingerprint density at radius 3 is 2.20 bits per heavy atom. The van der Waals surface area contributed by atoms with Crippen LogP contribution < -0.4 is 11.1 Å². The smallest absolute Gasteiger partial charge is 0.232 e. The Bertz CT molecular complexity index is 530. The zero-order valence-corrected chi connectivity index (χ0v) is 10.8. The normalized spacial score (nSPS) is 25.2. The van der Waals surface area contributed by atoms with Gasteiger partial charge in [0.05, 0.1) is 5.41 Å². The van der Waals surface area contributed by atoms with E-state index in [0.717, 1.165) is 0 Å². The van der Waals surface area contributed by atoms with E-state index in [2.05, 4.69) is 0 Å². The van der Waals surface area contributed by atoms with Gasteiger partial charge in [-0.25, -0.2) is 17.6 Å². The molecular formula is C13H14F4N2O. The number of carbonyl (C=O) groups is 1. The van der Waals surface area contributed by atoms with Crippen LogP contribution in [0, 0.1) is 34.6 Å². The Labute approximate surface area is 113 Å². The number of hydrogen-bond donors (Lipinski definition) is 2. The Kier molecular flexibility index (Phi) is 3.73. The third kappa shape index (κ3) is 2.26. The third-order valence-electron chi connectivity index (χ3n) is 3.70. The summed E-state index contributed by atoms with van der Waals surface area (Å²) in [5.41, 5.74) is 3.48. The van der Waals surface area contributed by atoms with Crippen LogP contribution in [0.25, 0.3) is 0 Å². The highest BCUT2D eigenvalue weighted by atomic mass is 19.2. The second-order valence-corrected chi connectivity index (χ2v) is 5.30. The Morgan fingerprint density at radius 1 is 1.30 bits per heavy atom. The number of carbonyl (C=O) groups excluding carboxylic acids is 1. The quantitative estimate of drug-likeness (QED) is 0.664. The van der Waals surface area contributed by atoms with Crippen molar-refractivity contribution in [1.82, 2.24) is 0 Å². The maximum absolute atomic E-state index is 13.5. The zero-order valence-electron chi connectivity index (χ0n) is 10.8. The van der Waals surface area contributed by atoms with Crippen LogP contribution in [0.4, 0.5) is 23.2 Å². The Balaban J connectivity index is 2.29. The van der Waals surface area contributed by atoms with Crippen LogP contribution >= 0.6 is 0 Å². The van der Waals surface area contributed by atoms with Crippen LogP contribution in [-0.2, 0) is 4.79 Å². The lowest BCUT2D eigenvalue weighted by Gasteiger charge is -2.44. The standard InChI is InChI=1S/C13H14F4N2O/c1-6-3-13(4-6,5-18)12(20)19-11-9(16)7(14)2-8(15)10(11)17/h2,6H,3-5,18H2,1H3,(H,19,20). The maximum atomic E-state index is 13.5. The molecule has 1 fully saturated rings. The second kappa shape index (κ2) is 5.05. The number of nitrogens with one attached hydrogen (secondary N) is 1. The van der Waals surface area contributed by atoms with Crippen LogP contribution in [-0.4, -0.2) is 12.5 Å². The van der Waals surface area contributed by atoms with Crippen molar-refractivity contribution < 1.29 is 22.4 Å². The summed E-state index contributed by atoms with van der Waals surface area (Å²) in [6.45, 7) is 1.91. The summed E-state index contributed by atoms with van der Waals surface area (Å²) in [5.74, 6) is -6.84. The average Bonchev–Trinajstić information content (AvgIpc) is 2.37. The van der Waals surface area contributed by atoms with Crippen molar-refractivity contribution in [2.75, 3.05) is 11.9 Å². The predicted molar refractivity (Wildman–Crippen MR) is 64.8 cm³/mol. The predicted octanol–water partition coefficient (Wildman–Crippen LogP) is 2.56. The fraction of sp³-hybridized carbons (Fsp3) is 0.462. The first-order valence-corrected chi connectivity index (χ1v) is 6.15. The molecule has 0 unspecified atom stereocenters. The molecule has 0 spiro atoms. The Morgan fingerprint density at radius 2 is 1.80 bits per heavy atom. The fourth-order valence-electron chi connectivity index (χ4n) is 2.65. The molecule has 20 heavy (non-hydrogen) atoms. The van der Waals surface area contributed by atoms with Crippen LogP contribution in [0.15, 0.2) is 6.07 Å².